The Bertz CT molecular complexity index is 1420. The minimum absolute atomic E-state index is 0.164. The van der Waals surface area contributed by atoms with Crippen LogP contribution in [0, 0.1) is 6.92 Å². The van der Waals surface area contributed by atoms with Gasteiger partial charge in [0.1, 0.15) is 12.4 Å². The van der Waals surface area contributed by atoms with Crippen LogP contribution >= 0.6 is 0 Å². The number of carboxylic acids is 1. The predicted molar refractivity (Wildman–Crippen MR) is 127 cm³/mol. The molecule has 0 unspecified atom stereocenters. The van der Waals surface area contributed by atoms with E-state index in [0.717, 1.165) is 17.5 Å². The van der Waals surface area contributed by atoms with Crippen molar-refractivity contribution in [2.45, 2.75) is 18.4 Å². The Morgan fingerprint density at radius 1 is 0.939 bits per heavy atom. The normalized spacial score (nSPS) is 11.3. The Kier molecular flexibility index (Phi) is 6.07. The first kappa shape index (κ1) is 22.4. The van der Waals surface area contributed by atoms with Gasteiger partial charge in [-0.05, 0) is 61.0 Å². The quantitative estimate of drug-likeness (QED) is 0.412. The molecule has 4 aromatic rings. The lowest BCUT2D eigenvalue weighted by molar-refractivity contribution is 0.0697. The molecule has 1 N–H and O–H groups in total. The number of aromatic carboxylic acids is 1. The monoisotopic (exact) mass is 461 g/mol. The van der Waals surface area contributed by atoms with Gasteiger partial charge in [-0.3, -0.25) is 0 Å². The zero-order chi connectivity index (χ0) is 23.6. The maximum Gasteiger partial charge on any atom is 0.335 e. The molecular formula is C26H23NO5S. The summed E-state index contributed by atoms with van der Waals surface area (Å²) in [7, 11) is -3.45. The molecule has 1 aromatic heterocycles. The minimum Gasteiger partial charge on any atom is -0.488 e. The molecule has 3 aromatic carbocycles. The summed E-state index contributed by atoms with van der Waals surface area (Å²) < 4.78 is 32.5. The standard InChI is InChI=1S/C26H23NO5S/c1-18-11-13-24(27(18)21-10-6-9-20(15-21)26(28)29)23-16-22(33(2,30)31)12-14-25(23)32-17-19-7-4-3-5-8-19/h3-16H,17H2,1-2H3,(H,28,29). The first-order chi connectivity index (χ1) is 15.7. The molecule has 0 radical (unpaired) electrons. The van der Waals surface area contributed by atoms with Crippen LogP contribution in [0.3, 0.4) is 0 Å². The second-order valence-corrected chi connectivity index (χ2v) is 9.77. The molecule has 0 bridgehead atoms. The lowest BCUT2D eigenvalue weighted by Gasteiger charge is -2.17. The Morgan fingerprint density at radius 2 is 1.70 bits per heavy atom. The zero-order valence-corrected chi connectivity index (χ0v) is 19.0. The van der Waals surface area contributed by atoms with Gasteiger partial charge >= 0.3 is 5.97 Å². The maximum absolute atomic E-state index is 12.3. The van der Waals surface area contributed by atoms with E-state index in [4.69, 9.17) is 4.74 Å². The van der Waals surface area contributed by atoms with E-state index >= 15 is 0 Å². The zero-order valence-electron chi connectivity index (χ0n) is 18.2. The summed E-state index contributed by atoms with van der Waals surface area (Å²) in [5.74, 6) is -0.492. The molecule has 6 nitrogen and oxygen atoms in total. The molecule has 168 valence electrons. The number of rotatable bonds is 7. The Morgan fingerprint density at radius 3 is 2.39 bits per heavy atom. The van der Waals surface area contributed by atoms with Crippen molar-refractivity contribution in [1.29, 1.82) is 0 Å². The smallest absolute Gasteiger partial charge is 0.335 e. The highest BCUT2D eigenvalue weighted by Gasteiger charge is 2.18. The first-order valence-corrected chi connectivity index (χ1v) is 12.2. The Labute approximate surface area is 192 Å². The summed E-state index contributed by atoms with van der Waals surface area (Å²) >= 11 is 0. The number of aryl methyl sites for hydroxylation is 1. The Balaban J connectivity index is 1.85. The van der Waals surface area contributed by atoms with Gasteiger partial charge in [0, 0.05) is 23.2 Å². The molecule has 1 heterocycles. The lowest BCUT2D eigenvalue weighted by Crippen LogP contribution is -2.05. The summed E-state index contributed by atoms with van der Waals surface area (Å²) in [5.41, 5.74) is 3.97. The molecule has 0 fully saturated rings. The van der Waals surface area contributed by atoms with E-state index in [0.29, 0.717) is 29.3 Å². The summed E-state index contributed by atoms with van der Waals surface area (Å²) in [6.07, 6.45) is 1.16. The van der Waals surface area contributed by atoms with E-state index in [1.807, 2.05) is 60.0 Å². The number of hydrogen-bond acceptors (Lipinski definition) is 4. The van der Waals surface area contributed by atoms with Crippen LogP contribution in [0.2, 0.25) is 0 Å². The highest BCUT2D eigenvalue weighted by molar-refractivity contribution is 7.90. The van der Waals surface area contributed by atoms with Crippen molar-refractivity contribution in [3.8, 4) is 22.7 Å². The van der Waals surface area contributed by atoms with Crippen molar-refractivity contribution in [3.05, 3.63) is 102 Å². The van der Waals surface area contributed by atoms with Gasteiger partial charge in [-0.1, -0.05) is 36.4 Å². The lowest BCUT2D eigenvalue weighted by atomic mass is 10.1. The van der Waals surface area contributed by atoms with Gasteiger partial charge in [0.15, 0.2) is 9.84 Å². The second kappa shape index (κ2) is 8.96. The number of ether oxygens (including phenoxy) is 1. The van der Waals surface area contributed by atoms with Crippen LogP contribution in [0.4, 0.5) is 0 Å². The summed E-state index contributed by atoms with van der Waals surface area (Å²) in [5, 5.41) is 9.41. The molecule has 0 saturated heterocycles. The molecule has 0 aliphatic heterocycles. The first-order valence-electron chi connectivity index (χ1n) is 10.3. The van der Waals surface area contributed by atoms with Crippen molar-refractivity contribution >= 4 is 15.8 Å². The average Bonchev–Trinajstić information content (AvgIpc) is 3.19. The number of benzene rings is 3. The van der Waals surface area contributed by atoms with Crippen LogP contribution in [0.5, 0.6) is 5.75 Å². The fourth-order valence-corrected chi connectivity index (χ4v) is 4.32. The van der Waals surface area contributed by atoms with E-state index in [9.17, 15) is 18.3 Å². The fourth-order valence-electron chi connectivity index (χ4n) is 3.67. The molecular weight excluding hydrogens is 438 g/mol. The minimum atomic E-state index is -3.45. The van der Waals surface area contributed by atoms with Crippen LogP contribution in [0.25, 0.3) is 16.9 Å². The average molecular weight is 462 g/mol. The maximum atomic E-state index is 12.3. The molecule has 4 rings (SSSR count). The number of aromatic nitrogens is 1. The molecule has 33 heavy (non-hydrogen) atoms. The van der Waals surface area contributed by atoms with E-state index in [-0.39, 0.29) is 10.5 Å². The van der Waals surface area contributed by atoms with Gasteiger partial charge in [0.25, 0.3) is 0 Å². The largest absolute Gasteiger partial charge is 0.488 e. The van der Waals surface area contributed by atoms with Crippen molar-refractivity contribution < 1.29 is 23.1 Å². The van der Waals surface area contributed by atoms with E-state index < -0.39 is 15.8 Å². The predicted octanol–water partition coefficient (Wildman–Crippen LogP) is 5.13. The van der Waals surface area contributed by atoms with Gasteiger partial charge in [-0.2, -0.15) is 0 Å². The molecule has 0 spiro atoms. The topological polar surface area (TPSA) is 85.6 Å². The SMILES string of the molecule is Cc1ccc(-c2cc(S(C)(=O)=O)ccc2OCc2ccccc2)n1-c1cccc(C(=O)O)c1. The number of carbonyl (C=O) groups is 1. The molecule has 0 aliphatic rings. The second-order valence-electron chi connectivity index (χ2n) is 7.76. The highest BCUT2D eigenvalue weighted by atomic mass is 32.2. The van der Waals surface area contributed by atoms with Gasteiger partial charge in [0.05, 0.1) is 16.2 Å². The molecule has 0 saturated carbocycles. The van der Waals surface area contributed by atoms with Gasteiger partial charge in [-0.25, -0.2) is 13.2 Å². The van der Waals surface area contributed by atoms with Gasteiger partial charge in [-0.15, -0.1) is 0 Å². The number of hydrogen-bond donors (Lipinski definition) is 1. The fraction of sp³-hybridized carbons (Fsp3) is 0.115. The van der Waals surface area contributed by atoms with Crippen molar-refractivity contribution in [2.75, 3.05) is 6.26 Å². The third-order valence-corrected chi connectivity index (χ3v) is 6.43. The summed E-state index contributed by atoms with van der Waals surface area (Å²) in [6.45, 7) is 2.22. The molecule has 0 aliphatic carbocycles. The molecule has 0 atom stereocenters. The van der Waals surface area contributed by atoms with Crippen molar-refractivity contribution in [3.63, 3.8) is 0 Å². The number of sulfone groups is 1. The van der Waals surface area contributed by atoms with Crippen molar-refractivity contribution in [1.82, 2.24) is 4.57 Å². The van der Waals surface area contributed by atoms with Gasteiger partial charge < -0.3 is 14.4 Å². The van der Waals surface area contributed by atoms with E-state index in [1.54, 1.807) is 24.3 Å². The van der Waals surface area contributed by atoms with Crippen molar-refractivity contribution in [2.24, 2.45) is 0 Å². The van der Waals surface area contributed by atoms with Crippen LogP contribution in [0.15, 0.2) is 89.8 Å². The number of carboxylic acid groups (broad SMARTS) is 1. The summed E-state index contributed by atoms with van der Waals surface area (Å²) in [6, 6.07) is 24.9. The van der Waals surface area contributed by atoms with Crippen LogP contribution < -0.4 is 4.74 Å². The third-order valence-electron chi connectivity index (χ3n) is 5.32. The van der Waals surface area contributed by atoms with Gasteiger partial charge in [0.2, 0.25) is 0 Å². The van der Waals surface area contributed by atoms with Crippen LogP contribution in [-0.4, -0.2) is 30.3 Å². The van der Waals surface area contributed by atoms with E-state index in [2.05, 4.69) is 0 Å². The Hall–Kier alpha value is -3.84. The van der Waals surface area contributed by atoms with Crippen LogP contribution in [-0.2, 0) is 16.4 Å². The van der Waals surface area contributed by atoms with Crippen LogP contribution in [0.1, 0.15) is 21.6 Å². The highest BCUT2D eigenvalue weighted by Crippen LogP contribution is 2.36. The molecule has 0 amide bonds. The third kappa shape index (κ3) is 4.83. The molecule has 7 heteroatoms. The number of nitrogens with zero attached hydrogens (tertiary/aromatic N) is 1. The summed E-state index contributed by atoms with van der Waals surface area (Å²) in [4.78, 5) is 11.7. The van der Waals surface area contributed by atoms with E-state index in [1.165, 1.54) is 12.1 Å².